The molecule has 0 saturated heterocycles. The number of hydrazone groups is 1. The number of benzene rings is 2. The van der Waals surface area contributed by atoms with Gasteiger partial charge in [0, 0.05) is 5.56 Å². The number of carboxylic acid groups (broad SMARTS) is 1. The Morgan fingerprint density at radius 1 is 1.06 bits per heavy atom. The van der Waals surface area contributed by atoms with Crippen molar-refractivity contribution in [2.75, 3.05) is 5.01 Å². The maximum absolute atomic E-state index is 13.0. The molecule has 3 amide bonds. The second-order valence-electron chi connectivity index (χ2n) is 7.58. The molecule has 0 atom stereocenters. The SMILES string of the molecule is CC1=NN(c2ccc(Cl)c(C(=O)O)c2)C(=O)C1=Cc1ccc(-c2ccc3c(c2)C(=O)NC3=O)o1. The quantitative estimate of drug-likeness (QED) is 0.433. The molecule has 2 N–H and O–H groups in total. The fourth-order valence-electron chi connectivity index (χ4n) is 3.72. The summed E-state index contributed by atoms with van der Waals surface area (Å²) in [5, 5.41) is 16.9. The normalized spacial score (nSPS) is 16.2. The third-order valence-corrected chi connectivity index (χ3v) is 5.75. The summed E-state index contributed by atoms with van der Waals surface area (Å²) in [6.07, 6.45) is 1.53. The number of aromatic carboxylic acids is 1. The number of imide groups is 1. The second-order valence-corrected chi connectivity index (χ2v) is 7.98. The van der Waals surface area contributed by atoms with Crippen LogP contribution in [0.3, 0.4) is 0 Å². The molecule has 0 aliphatic carbocycles. The molecule has 0 radical (unpaired) electrons. The molecule has 0 unspecified atom stereocenters. The lowest BCUT2D eigenvalue weighted by Crippen LogP contribution is -2.21. The lowest BCUT2D eigenvalue weighted by atomic mass is 10.0. The van der Waals surface area contributed by atoms with Crippen molar-refractivity contribution < 1.29 is 28.7 Å². The van der Waals surface area contributed by atoms with Gasteiger partial charge in [0.2, 0.25) is 0 Å². The summed E-state index contributed by atoms with van der Waals surface area (Å²) in [6, 6.07) is 12.3. The Morgan fingerprint density at radius 3 is 2.59 bits per heavy atom. The van der Waals surface area contributed by atoms with E-state index in [1.165, 1.54) is 24.3 Å². The van der Waals surface area contributed by atoms with E-state index in [1.54, 1.807) is 37.3 Å². The van der Waals surface area contributed by atoms with E-state index in [1.807, 2.05) is 0 Å². The van der Waals surface area contributed by atoms with Crippen molar-refractivity contribution >= 4 is 52.8 Å². The van der Waals surface area contributed by atoms with E-state index in [0.29, 0.717) is 28.4 Å². The van der Waals surface area contributed by atoms with Gasteiger partial charge in [-0.2, -0.15) is 10.1 Å². The number of amides is 3. The number of nitrogens with zero attached hydrogens (tertiary/aromatic N) is 2. The van der Waals surface area contributed by atoms with Crippen LogP contribution in [-0.2, 0) is 4.79 Å². The molecular weight excluding hydrogens is 462 g/mol. The lowest BCUT2D eigenvalue weighted by Gasteiger charge is -2.12. The highest BCUT2D eigenvalue weighted by molar-refractivity contribution is 6.34. The predicted molar refractivity (Wildman–Crippen MR) is 123 cm³/mol. The number of hydrogen-bond donors (Lipinski definition) is 2. The van der Waals surface area contributed by atoms with Crippen molar-refractivity contribution in [1.82, 2.24) is 5.32 Å². The van der Waals surface area contributed by atoms with Gasteiger partial charge in [0.05, 0.1) is 38.7 Å². The number of carboxylic acids is 1. The third kappa shape index (κ3) is 3.48. The second kappa shape index (κ2) is 7.82. The molecule has 3 aromatic rings. The van der Waals surface area contributed by atoms with E-state index < -0.39 is 23.7 Å². The van der Waals surface area contributed by atoms with Gasteiger partial charge in [-0.05, 0) is 55.5 Å². The molecule has 2 aliphatic heterocycles. The highest BCUT2D eigenvalue weighted by Gasteiger charge is 2.30. The van der Waals surface area contributed by atoms with Crippen molar-refractivity contribution in [1.29, 1.82) is 0 Å². The van der Waals surface area contributed by atoms with Gasteiger partial charge in [-0.25, -0.2) is 4.79 Å². The van der Waals surface area contributed by atoms with Crippen molar-refractivity contribution in [3.8, 4) is 11.3 Å². The molecule has 10 heteroatoms. The minimum atomic E-state index is -1.22. The fourth-order valence-corrected chi connectivity index (χ4v) is 3.92. The number of anilines is 1. The zero-order valence-electron chi connectivity index (χ0n) is 17.5. The third-order valence-electron chi connectivity index (χ3n) is 5.42. The molecule has 0 saturated carbocycles. The van der Waals surface area contributed by atoms with Gasteiger partial charge in [0.1, 0.15) is 11.5 Å². The first kappa shape index (κ1) is 21.4. The van der Waals surface area contributed by atoms with Gasteiger partial charge < -0.3 is 9.52 Å². The molecule has 3 heterocycles. The Balaban J connectivity index is 1.43. The van der Waals surface area contributed by atoms with E-state index in [-0.39, 0.29) is 27.4 Å². The van der Waals surface area contributed by atoms with Gasteiger partial charge in [-0.15, -0.1) is 0 Å². The molecule has 0 fully saturated rings. The number of carbonyl (C=O) groups excluding carboxylic acids is 3. The average molecular weight is 476 g/mol. The summed E-state index contributed by atoms with van der Waals surface area (Å²) in [4.78, 5) is 48.0. The van der Waals surface area contributed by atoms with E-state index in [4.69, 9.17) is 16.0 Å². The van der Waals surface area contributed by atoms with E-state index in [0.717, 1.165) is 5.01 Å². The predicted octanol–water partition coefficient (Wildman–Crippen LogP) is 3.99. The van der Waals surface area contributed by atoms with Crippen LogP contribution in [0, 0.1) is 0 Å². The first-order chi connectivity index (χ1) is 16.2. The maximum atomic E-state index is 13.0. The summed E-state index contributed by atoms with van der Waals surface area (Å²) in [6.45, 7) is 1.65. The lowest BCUT2D eigenvalue weighted by molar-refractivity contribution is -0.114. The van der Waals surface area contributed by atoms with Crippen molar-refractivity contribution in [2.24, 2.45) is 5.10 Å². The fraction of sp³-hybridized carbons (Fsp3) is 0.0417. The van der Waals surface area contributed by atoms with Crippen LogP contribution < -0.4 is 10.3 Å². The van der Waals surface area contributed by atoms with Crippen LogP contribution in [0.4, 0.5) is 5.69 Å². The van der Waals surface area contributed by atoms with Crippen LogP contribution in [0.1, 0.15) is 43.8 Å². The molecule has 0 spiro atoms. The molecule has 9 nitrogen and oxygen atoms in total. The molecular formula is C24H14ClN3O6. The highest BCUT2D eigenvalue weighted by Crippen LogP contribution is 2.31. The minimum Gasteiger partial charge on any atom is -0.478 e. The highest BCUT2D eigenvalue weighted by atomic mass is 35.5. The smallest absolute Gasteiger partial charge is 0.337 e. The van der Waals surface area contributed by atoms with Crippen LogP contribution in [0.15, 0.2) is 63.6 Å². The number of carbonyl (C=O) groups is 4. The number of furan rings is 1. The molecule has 2 aliphatic rings. The largest absolute Gasteiger partial charge is 0.478 e. The Labute approximate surface area is 196 Å². The number of halogens is 1. The summed E-state index contributed by atoms with van der Waals surface area (Å²) in [5.74, 6) is -1.76. The summed E-state index contributed by atoms with van der Waals surface area (Å²) in [7, 11) is 0. The van der Waals surface area contributed by atoms with Crippen LogP contribution in [0.2, 0.25) is 5.02 Å². The van der Waals surface area contributed by atoms with Crippen LogP contribution >= 0.6 is 11.6 Å². The summed E-state index contributed by atoms with van der Waals surface area (Å²) < 4.78 is 5.84. The summed E-state index contributed by atoms with van der Waals surface area (Å²) in [5.41, 5.74) is 1.99. The average Bonchev–Trinajstić information content (AvgIpc) is 3.47. The van der Waals surface area contributed by atoms with E-state index >= 15 is 0 Å². The van der Waals surface area contributed by atoms with Gasteiger partial charge in [0.25, 0.3) is 17.7 Å². The maximum Gasteiger partial charge on any atom is 0.337 e. The number of rotatable bonds is 4. The Kier molecular flexibility index (Phi) is 4.91. The molecule has 1 aromatic heterocycles. The topological polar surface area (TPSA) is 129 Å². The molecule has 2 aromatic carbocycles. The number of nitrogens with one attached hydrogen (secondary N) is 1. The molecule has 34 heavy (non-hydrogen) atoms. The van der Waals surface area contributed by atoms with Crippen LogP contribution in [0.5, 0.6) is 0 Å². The van der Waals surface area contributed by atoms with E-state index in [2.05, 4.69) is 10.4 Å². The molecule has 0 bridgehead atoms. The van der Waals surface area contributed by atoms with Crippen LogP contribution in [0.25, 0.3) is 17.4 Å². The Hall–Kier alpha value is -4.50. The van der Waals surface area contributed by atoms with Crippen LogP contribution in [-0.4, -0.2) is 34.5 Å². The van der Waals surface area contributed by atoms with E-state index in [9.17, 15) is 24.3 Å². The Bertz CT molecular complexity index is 1500. The number of hydrogen-bond acceptors (Lipinski definition) is 6. The minimum absolute atomic E-state index is 0.0517. The number of fused-ring (bicyclic) bond motifs is 1. The first-order valence-electron chi connectivity index (χ1n) is 9.97. The van der Waals surface area contributed by atoms with Crippen molar-refractivity contribution in [2.45, 2.75) is 6.92 Å². The Morgan fingerprint density at radius 2 is 1.82 bits per heavy atom. The van der Waals surface area contributed by atoms with Gasteiger partial charge in [-0.3, -0.25) is 19.7 Å². The zero-order valence-corrected chi connectivity index (χ0v) is 18.2. The standard InChI is InChI=1S/C24H14ClN3O6/c1-11-16(23(31)28(27-11)13-3-6-19(25)18(9-13)24(32)33)10-14-4-7-20(34-14)12-2-5-15-17(8-12)22(30)26-21(15)29/h2-10H,1H3,(H,32,33)(H,26,29,30). The van der Waals surface area contributed by atoms with Gasteiger partial charge in [-0.1, -0.05) is 17.7 Å². The van der Waals surface area contributed by atoms with Gasteiger partial charge >= 0.3 is 5.97 Å². The molecule has 5 rings (SSSR count). The van der Waals surface area contributed by atoms with Crippen molar-refractivity contribution in [3.05, 3.63) is 81.6 Å². The van der Waals surface area contributed by atoms with Gasteiger partial charge in [0.15, 0.2) is 0 Å². The first-order valence-corrected chi connectivity index (χ1v) is 10.4. The summed E-state index contributed by atoms with van der Waals surface area (Å²) >= 11 is 5.92. The zero-order chi connectivity index (χ0) is 24.1. The van der Waals surface area contributed by atoms with Crippen molar-refractivity contribution in [3.63, 3.8) is 0 Å². The monoisotopic (exact) mass is 475 g/mol. The molecule has 168 valence electrons.